The van der Waals surface area contributed by atoms with E-state index in [4.69, 9.17) is 16.3 Å². The van der Waals surface area contributed by atoms with Crippen LogP contribution < -0.4 is 10.1 Å². The second kappa shape index (κ2) is 8.94. The molecular formula is C18H19ClFNO2S. The van der Waals surface area contributed by atoms with Gasteiger partial charge in [0.05, 0.1) is 11.9 Å². The lowest BCUT2D eigenvalue weighted by Gasteiger charge is -2.11. The molecule has 0 aliphatic carbocycles. The Kier molecular flexibility index (Phi) is 6.94. The summed E-state index contributed by atoms with van der Waals surface area (Å²) in [5.41, 5.74) is 1.09. The standard InChI is InChI=1S/C18H19ClFNO2S/c1-12(2)23-14-6-3-5-13(9-14)21-18(22)11-24-10-15-16(19)7-4-8-17(15)20/h3-9,12H,10-11H2,1-2H3,(H,21,22). The summed E-state index contributed by atoms with van der Waals surface area (Å²) >= 11 is 7.27. The summed E-state index contributed by atoms with van der Waals surface area (Å²) in [6.45, 7) is 3.88. The fourth-order valence-electron chi connectivity index (χ4n) is 2.03. The lowest BCUT2D eigenvalue weighted by Crippen LogP contribution is -2.14. The molecule has 0 radical (unpaired) electrons. The zero-order chi connectivity index (χ0) is 17.5. The summed E-state index contributed by atoms with van der Waals surface area (Å²) in [7, 11) is 0. The van der Waals surface area contributed by atoms with Gasteiger partial charge in [0.1, 0.15) is 11.6 Å². The van der Waals surface area contributed by atoms with E-state index >= 15 is 0 Å². The first-order valence-electron chi connectivity index (χ1n) is 7.53. The molecule has 24 heavy (non-hydrogen) atoms. The molecule has 1 N–H and O–H groups in total. The predicted molar refractivity (Wildman–Crippen MR) is 98.4 cm³/mol. The van der Waals surface area contributed by atoms with E-state index in [2.05, 4.69) is 5.32 Å². The number of anilines is 1. The van der Waals surface area contributed by atoms with Gasteiger partial charge in [-0.1, -0.05) is 23.7 Å². The van der Waals surface area contributed by atoms with Crippen molar-refractivity contribution in [3.05, 3.63) is 58.9 Å². The van der Waals surface area contributed by atoms with Crippen LogP contribution in [0, 0.1) is 5.82 Å². The molecule has 6 heteroatoms. The molecule has 128 valence electrons. The molecule has 0 saturated heterocycles. The van der Waals surface area contributed by atoms with Crippen molar-refractivity contribution in [3.63, 3.8) is 0 Å². The number of carbonyl (C=O) groups excluding carboxylic acids is 1. The molecule has 0 aliphatic heterocycles. The first kappa shape index (κ1) is 18.6. The SMILES string of the molecule is CC(C)Oc1cccc(NC(=O)CSCc2c(F)cccc2Cl)c1. The van der Waals surface area contributed by atoms with Crippen molar-refractivity contribution in [1.29, 1.82) is 0 Å². The van der Waals surface area contributed by atoms with Crippen LogP contribution in [0.15, 0.2) is 42.5 Å². The molecule has 2 aromatic carbocycles. The zero-order valence-corrected chi connectivity index (χ0v) is 15.1. The van der Waals surface area contributed by atoms with Crippen LogP contribution in [0.25, 0.3) is 0 Å². The molecule has 1 amide bonds. The van der Waals surface area contributed by atoms with Crippen molar-refractivity contribution in [3.8, 4) is 5.75 Å². The molecule has 0 spiro atoms. The third kappa shape index (κ3) is 5.73. The Hall–Kier alpha value is -1.72. The van der Waals surface area contributed by atoms with Crippen LogP contribution in [0.1, 0.15) is 19.4 Å². The summed E-state index contributed by atoms with van der Waals surface area (Å²) in [6, 6.07) is 11.8. The summed E-state index contributed by atoms with van der Waals surface area (Å²) in [5.74, 6) is 0.742. The van der Waals surface area contributed by atoms with Crippen LogP contribution in [0.4, 0.5) is 10.1 Å². The van der Waals surface area contributed by atoms with E-state index in [0.29, 0.717) is 27.8 Å². The van der Waals surface area contributed by atoms with Gasteiger partial charge in [-0.2, -0.15) is 0 Å². The van der Waals surface area contributed by atoms with Gasteiger partial charge in [-0.3, -0.25) is 4.79 Å². The molecule has 0 unspecified atom stereocenters. The summed E-state index contributed by atoms with van der Waals surface area (Å²) in [4.78, 5) is 12.0. The lowest BCUT2D eigenvalue weighted by molar-refractivity contribution is -0.113. The first-order chi connectivity index (χ1) is 11.5. The minimum Gasteiger partial charge on any atom is -0.491 e. The van der Waals surface area contributed by atoms with E-state index in [-0.39, 0.29) is 23.6 Å². The van der Waals surface area contributed by atoms with Gasteiger partial charge in [-0.15, -0.1) is 11.8 Å². The number of ether oxygens (including phenoxy) is 1. The number of amides is 1. The number of hydrogen-bond donors (Lipinski definition) is 1. The maximum absolute atomic E-state index is 13.7. The topological polar surface area (TPSA) is 38.3 Å². The Morgan fingerprint density at radius 1 is 1.29 bits per heavy atom. The normalized spacial score (nSPS) is 10.7. The van der Waals surface area contributed by atoms with Crippen LogP contribution >= 0.6 is 23.4 Å². The average molecular weight is 368 g/mol. The van der Waals surface area contributed by atoms with Crippen molar-refractivity contribution >= 4 is 35.0 Å². The van der Waals surface area contributed by atoms with Crippen molar-refractivity contribution in [2.24, 2.45) is 0 Å². The average Bonchev–Trinajstić information content (AvgIpc) is 2.50. The number of carbonyl (C=O) groups is 1. The smallest absolute Gasteiger partial charge is 0.234 e. The zero-order valence-electron chi connectivity index (χ0n) is 13.5. The third-order valence-electron chi connectivity index (χ3n) is 3.03. The van der Waals surface area contributed by atoms with Crippen molar-refractivity contribution in [1.82, 2.24) is 0 Å². The minimum atomic E-state index is -0.353. The van der Waals surface area contributed by atoms with E-state index in [1.54, 1.807) is 24.3 Å². The maximum Gasteiger partial charge on any atom is 0.234 e. The highest BCUT2D eigenvalue weighted by atomic mass is 35.5. The predicted octanol–water partition coefficient (Wildman–Crippen LogP) is 5.14. The van der Waals surface area contributed by atoms with Crippen LogP contribution in [0.5, 0.6) is 5.75 Å². The lowest BCUT2D eigenvalue weighted by atomic mass is 10.2. The largest absolute Gasteiger partial charge is 0.491 e. The molecule has 0 atom stereocenters. The van der Waals surface area contributed by atoms with Gasteiger partial charge in [0.15, 0.2) is 0 Å². The molecule has 3 nitrogen and oxygen atoms in total. The van der Waals surface area contributed by atoms with Crippen molar-refractivity contribution in [2.75, 3.05) is 11.1 Å². The Bertz CT molecular complexity index is 689. The number of rotatable bonds is 7. The number of thioether (sulfide) groups is 1. The summed E-state index contributed by atoms with van der Waals surface area (Å²) in [6.07, 6.45) is 0.0667. The van der Waals surface area contributed by atoms with Gasteiger partial charge in [0.25, 0.3) is 0 Å². The van der Waals surface area contributed by atoms with Crippen LogP contribution in [0.2, 0.25) is 5.02 Å². The Balaban J connectivity index is 1.85. The van der Waals surface area contributed by atoms with E-state index in [1.165, 1.54) is 17.8 Å². The molecule has 0 aromatic heterocycles. The maximum atomic E-state index is 13.7. The molecule has 2 rings (SSSR count). The van der Waals surface area contributed by atoms with Crippen molar-refractivity contribution < 1.29 is 13.9 Å². The number of nitrogens with one attached hydrogen (secondary N) is 1. The highest BCUT2D eigenvalue weighted by Crippen LogP contribution is 2.24. The molecular weight excluding hydrogens is 349 g/mol. The Labute approximate surface area is 150 Å². The molecule has 0 aliphatic rings. The quantitative estimate of drug-likeness (QED) is 0.736. The fourth-order valence-corrected chi connectivity index (χ4v) is 3.20. The number of halogens is 2. The van der Waals surface area contributed by atoms with Crippen molar-refractivity contribution in [2.45, 2.75) is 25.7 Å². The van der Waals surface area contributed by atoms with Gasteiger partial charge >= 0.3 is 0 Å². The fraction of sp³-hybridized carbons (Fsp3) is 0.278. The molecule has 0 saturated carbocycles. The van der Waals surface area contributed by atoms with Crippen LogP contribution in [-0.4, -0.2) is 17.8 Å². The Morgan fingerprint density at radius 3 is 2.75 bits per heavy atom. The summed E-state index contributed by atoms with van der Waals surface area (Å²) in [5, 5.41) is 3.18. The van der Waals surface area contributed by atoms with Crippen LogP contribution in [-0.2, 0) is 10.5 Å². The van der Waals surface area contributed by atoms with E-state index < -0.39 is 0 Å². The van der Waals surface area contributed by atoms with E-state index in [0.717, 1.165) is 0 Å². The second-order valence-corrected chi connectivity index (χ2v) is 6.83. The molecule has 2 aromatic rings. The van der Waals surface area contributed by atoms with Gasteiger partial charge in [-0.05, 0) is 38.1 Å². The minimum absolute atomic E-state index is 0.0667. The second-order valence-electron chi connectivity index (χ2n) is 5.44. The molecule has 0 fully saturated rings. The monoisotopic (exact) mass is 367 g/mol. The highest BCUT2D eigenvalue weighted by Gasteiger charge is 2.09. The number of benzene rings is 2. The van der Waals surface area contributed by atoms with E-state index in [1.807, 2.05) is 26.0 Å². The Morgan fingerprint density at radius 2 is 2.04 bits per heavy atom. The van der Waals surface area contributed by atoms with Gasteiger partial charge < -0.3 is 10.1 Å². The van der Waals surface area contributed by atoms with Crippen LogP contribution in [0.3, 0.4) is 0 Å². The first-order valence-corrected chi connectivity index (χ1v) is 9.06. The third-order valence-corrected chi connectivity index (χ3v) is 4.34. The molecule has 0 bridgehead atoms. The molecule has 0 heterocycles. The number of hydrogen-bond acceptors (Lipinski definition) is 3. The van der Waals surface area contributed by atoms with E-state index in [9.17, 15) is 9.18 Å². The van der Waals surface area contributed by atoms with Gasteiger partial charge in [-0.25, -0.2) is 4.39 Å². The van der Waals surface area contributed by atoms with Gasteiger partial charge in [0, 0.05) is 28.1 Å². The highest BCUT2D eigenvalue weighted by molar-refractivity contribution is 7.99. The van der Waals surface area contributed by atoms with Gasteiger partial charge in [0.2, 0.25) is 5.91 Å². The summed E-state index contributed by atoms with van der Waals surface area (Å²) < 4.78 is 19.2.